The maximum absolute atomic E-state index is 8.88. The minimum absolute atomic E-state index is 0.204. The predicted molar refractivity (Wildman–Crippen MR) is 29.2 cm³/mol. The Labute approximate surface area is 48.1 Å². The van der Waals surface area contributed by atoms with Crippen LogP contribution in [0.2, 0.25) is 0 Å². The Morgan fingerprint density at radius 3 is 2.00 bits per heavy atom. The molecule has 3 nitrogen and oxygen atoms in total. The van der Waals surface area contributed by atoms with E-state index in [2.05, 4.69) is 0 Å². The molecule has 0 spiro atoms. The van der Waals surface area contributed by atoms with Crippen molar-refractivity contribution in [3.05, 3.63) is 0 Å². The average molecular weight is 117 g/mol. The van der Waals surface area contributed by atoms with Crippen molar-refractivity contribution >= 4 is 0 Å². The van der Waals surface area contributed by atoms with Gasteiger partial charge in [-0.1, -0.05) is 0 Å². The van der Waals surface area contributed by atoms with Crippen LogP contribution in [0, 0.1) is 0 Å². The van der Waals surface area contributed by atoms with Gasteiger partial charge in [-0.15, -0.1) is 0 Å². The zero-order chi connectivity index (χ0) is 6.15. The summed E-state index contributed by atoms with van der Waals surface area (Å²) in [5, 5.41) is 17.7. The monoisotopic (exact) mass is 117 g/mol. The summed E-state index contributed by atoms with van der Waals surface area (Å²) in [7, 11) is 0. The van der Waals surface area contributed by atoms with Gasteiger partial charge < -0.3 is 15.9 Å². The Morgan fingerprint density at radius 2 is 1.88 bits per heavy atom. The molecule has 0 bridgehead atoms. The number of hydrogen-bond donors (Lipinski definition) is 3. The van der Waals surface area contributed by atoms with E-state index in [0.717, 1.165) is 0 Å². The molecule has 1 aliphatic carbocycles. The van der Waals surface area contributed by atoms with Crippen molar-refractivity contribution in [2.24, 2.45) is 5.73 Å². The van der Waals surface area contributed by atoms with E-state index in [0.29, 0.717) is 12.8 Å². The van der Waals surface area contributed by atoms with Gasteiger partial charge in [0.1, 0.15) is 0 Å². The molecular formula is C5H11NO2. The molecule has 0 unspecified atom stereocenters. The van der Waals surface area contributed by atoms with Gasteiger partial charge in [0.15, 0.2) is 0 Å². The van der Waals surface area contributed by atoms with Gasteiger partial charge in [0.2, 0.25) is 0 Å². The van der Waals surface area contributed by atoms with Crippen molar-refractivity contribution in [1.82, 2.24) is 0 Å². The average Bonchev–Trinajstić information content (AvgIpc) is 1.85. The molecule has 3 heteroatoms. The van der Waals surface area contributed by atoms with Crippen molar-refractivity contribution in [1.29, 1.82) is 0 Å². The van der Waals surface area contributed by atoms with Crippen LogP contribution in [0.25, 0.3) is 0 Å². The van der Waals surface area contributed by atoms with Crippen molar-refractivity contribution < 1.29 is 10.2 Å². The molecule has 0 aromatic carbocycles. The molecule has 4 N–H and O–H groups in total. The molecule has 0 radical (unpaired) electrons. The number of rotatable bonds is 0. The molecule has 0 aromatic heterocycles. The van der Waals surface area contributed by atoms with Crippen LogP contribution >= 0.6 is 0 Å². The van der Waals surface area contributed by atoms with Gasteiger partial charge in [0, 0.05) is 12.5 Å². The van der Waals surface area contributed by atoms with E-state index in [4.69, 9.17) is 15.9 Å². The molecular weight excluding hydrogens is 106 g/mol. The van der Waals surface area contributed by atoms with Crippen molar-refractivity contribution in [2.75, 3.05) is 0 Å². The molecule has 1 saturated carbocycles. The van der Waals surface area contributed by atoms with Crippen LogP contribution in [0.4, 0.5) is 0 Å². The molecule has 0 saturated heterocycles. The molecule has 8 heavy (non-hydrogen) atoms. The fourth-order valence-electron chi connectivity index (χ4n) is 1.02. The minimum Gasteiger partial charge on any atom is -0.393 e. The van der Waals surface area contributed by atoms with Gasteiger partial charge in [-0.2, -0.15) is 0 Å². The molecule has 48 valence electrons. The molecule has 0 amide bonds. The maximum atomic E-state index is 8.88. The lowest BCUT2D eigenvalue weighted by molar-refractivity contribution is 0.133. The largest absolute Gasteiger partial charge is 0.393 e. The minimum atomic E-state index is -0.481. The summed E-state index contributed by atoms with van der Waals surface area (Å²) < 4.78 is 0. The molecule has 3 atom stereocenters. The van der Waals surface area contributed by atoms with Gasteiger partial charge in [-0.05, 0) is 6.42 Å². The quantitative estimate of drug-likeness (QED) is 0.374. The molecule has 0 aliphatic heterocycles. The van der Waals surface area contributed by atoms with Crippen LogP contribution in [0.1, 0.15) is 12.8 Å². The summed E-state index contributed by atoms with van der Waals surface area (Å²) in [6.07, 6.45) is 0.132. The second-order valence-corrected chi connectivity index (χ2v) is 2.36. The molecule has 1 aliphatic rings. The fourth-order valence-corrected chi connectivity index (χ4v) is 1.02. The Hall–Kier alpha value is -0.120. The Bertz CT molecular complexity index is 76.5. The number of aliphatic hydroxyl groups excluding tert-OH is 2. The number of aliphatic hydroxyl groups is 2. The first-order chi connectivity index (χ1) is 3.70. The second-order valence-electron chi connectivity index (χ2n) is 2.36. The second kappa shape index (κ2) is 2.01. The van der Waals surface area contributed by atoms with E-state index in [1.54, 1.807) is 0 Å². The summed E-state index contributed by atoms with van der Waals surface area (Å²) in [4.78, 5) is 0. The third-order valence-corrected chi connectivity index (χ3v) is 1.55. The summed E-state index contributed by atoms with van der Waals surface area (Å²) in [6, 6.07) is -0.204. The number of hydrogen-bond acceptors (Lipinski definition) is 3. The van der Waals surface area contributed by atoms with Gasteiger partial charge >= 0.3 is 0 Å². The van der Waals surface area contributed by atoms with Crippen LogP contribution in [-0.4, -0.2) is 28.5 Å². The third-order valence-electron chi connectivity index (χ3n) is 1.55. The molecule has 1 rings (SSSR count). The van der Waals surface area contributed by atoms with Gasteiger partial charge in [0.05, 0.1) is 12.2 Å². The zero-order valence-corrected chi connectivity index (χ0v) is 4.62. The van der Waals surface area contributed by atoms with E-state index in [1.165, 1.54) is 0 Å². The summed E-state index contributed by atoms with van der Waals surface area (Å²) >= 11 is 0. The Morgan fingerprint density at radius 1 is 1.25 bits per heavy atom. The highest BCUT2D eigenvalue weighted by atomic mass is 16.3. The predicted octanol–water partition coefficient (Wildman–Crippen LogP) is -1.17. The summed E-state index contributed by atoms with van der Waals surface area (Å²) in [5.41, 5.74) is 5.36. The molecule has 0 aromatic rings. The van der Waals surface area contributed by atoms with Gasteiger partial charge in [-0.3, -0.25) is 0 Å². The van der Waals surface area contributed by atoms with E-state index in [1.807, 2.05) is 0 Å². The Kier molecular flexibility index (Phi) is 1.51. The molecule has 1 fully saturated rings. The third kappa shape index (κ3) is 0.992. The maximum Gasteiger partial charge on any atom is 0.0716 e. The lowest BCUT2D eigenvalue weighted by Crippen LogP contribution is -2.28. The highest BCUT2D eigenvalue weighted by molar-refractivity contribution is 4.85. The fraction of sp³-hybridized carbons (Fsp3) is 1.00. The van der Waals surface area contributed by atoms with E-state index in [9.17, 15) is 0 Å². The summed E-state index contributed by atoms with van der Waals surface area (Å²) in [6.45, 7) is 0. The SMILES string of the molecule is N[C@H]1C[C@H](O)C[C@@H]1O. The topological polar surface area (TPSA) is 66.5 Å². The van der Waals surface area contributed by atoms with Crippen LogP contribution < -0.4 is 5.73 Å². The van der Waals surface area contributed by atoms with E-state index in [-0.39, 0.29) is 12.1 Å². The lowest BCUT2D eigenvalue weighted by Gasteiger charge is -2.04. The summed E-state index contributed by atoms with van der Waals surface area (Å²) in [5.74, 6) is 0. The van der Waals surface area contributed by atoms with Crippen LogP contribution in [0.5, 0.6) is 0 Å². The highest BCUT2D eigenvalue weighted by Crippen LogP contribution is 2.16. The van der Waals surface area contributed by atoms with Crippen LogP contribution in [0.15, 0.2) is 0 Å². The lowest BCUT2D eigenvalue weighted by atomic mass is 10.2. The van der Waals surface area contributed by atoms with Crippen molar-refractivity contribution in [2.45, 2.75) is 31.1 Å². The van der Waals surface area contributed by atoms with E-state index >= 15 is 0 Å². The highest BCUT2D eigenvalue weighted by Gasteiger charge is 2.28. The van der Waals surface area contributed by atoms with Gasteiger partial charge in [-0.25, -0.2) is 0 Å². The first kappa shape index (κ1) is 6.01. The molecule has 0 heterocycles. The van der Waals surface area contributed by atoms with Crippen LogP contribution in [-0.2, 0) is 0 Å². The van der Waals surface area contributed by atoms with Crippen molar-refractivity contribution in [3.8, 4) is 0 Å². The first-order valence-electron chi connectivity index (χ1n) is 2.82. The van der Waals surface area contributed by atoms with E-state index < -0.39 is 6.10 Å². The standard InChI is InChI=1S/C5H11NO2/c6-4-1-3(7)2-5(4)8/h3-5,7-8H,1-2,6H2/t3-,4-,5-/m0/s1. The zero-order valence-electron chi connectivity index (χ0n) is 4.62. The van der Waals surface area contributed by atoms with Gasteiger partial charge in [0.25, 0.3) is 0 Å². The van der Waals surface area contributed by atoms with Crippen molar-refractivity contribution in [3.63, 3.8) is 0 Å². The first-order valence-corrected chi connectivity index (χ1v) is 2.82. The smallest absolute Gasteiger partial charge is 0.0716 e. The normalized spacial score (nSPS) is 47.6. The van der Waals surface area contributed by atoms with Crippen LogP contribution in [0.3, 0.4) is 0 Å². The number of nitrogens with two attached hydrogens (primary N) is 1. The Balaban J connectivity index is 2.39.